The van der Waals surface area contributed by atoms with Crippen molar-refractivity contribution < 1.29 is 4.74 Å². The maximum atomic E-state index is 5.56. The van der Waals surface area contributed by atoms with E-state index in [0.29, 0.717) is 19.3 Å². The summed E-state index contributed by atoms with van der Waals surface area (Å²) in [5, 5.41) is 3.27. The van der Waals surface area contributed by atoms with Crippen molar-refractivity contribution in [3.63, 3.8) is 0 Å². The molecule has 15 heavy (non-hydrogen) atoms. The first-order valence-corrected chi connectivity index (χ1v) is 5.26. The number of amidine groups is 1. The van der Waals surface area contributed by atoms with Crippen molar-refractivity contribution in [2.24, 2.45) is 4.99 Å². The molecule has 0 amide bonds. The van der Waals surface area contributed by atoms with Gasteiger partial charge in [-0.2, -0.15) is 0 Å². The highest BCUT2D eigenvalue weighted by Gasteiger charge is 2.11. The molecule has 3 nitrogen and oxygen atoms in total. The number of rotatable bonds is 4. The van der Waals surface area contributed by atoms with E-state index in [2.05, 4.69) is 29.4 Å². The Morgan fingerprint density at radius 2 is 2.13 bits per heavy atom. The Bertz CT molecular complexity index is 335. The number of hydrogen-bond donors (Lipinski definition) is 1. The van der Waals surface area contributed by atoms with Crippen LogP contribution in [-0.4, -0.2) is 25.0 Å². The van der Waals surface area contributed by atoms with E-state index in [4.69, 9.17) is 4.74 Å². The van der Waals surface area contributed by atoms with Gasteiger partial charge in [0, 0.05) is 6.04 Å². The predicted molar refractivity (Wildman–Crippen MR) is 61.0 cm³/mol. The fraction of sp³-hybridized carbons (Fsp3) is 0.417. The van der Waals surface area contributed by atoms with Crippen molar-refractivity contribution in [3.8, 4) is 0 Å². The van der Waals surface area contributed by atoms with Gasteiger partial charge >= 0.3 is 0 Å². The maximum Gasteiger partial charge on any atom is 0.123 e. The highest BCUT2D eigenvalue weighted by Crippen LogP contribution is 2.01. The SMILES string of the molecule is CC1CN=C(COCc2ccccc2)N1. The van der Waals surface area contributed by atoms with E-state index >= 15 is 0 Å². The van der Waals surface area contributed by atoms with Crippen molar-refractivity contribution in [2.45, 2.75) is 19.6 Å². The van der Waals surface area contributed by atoms with Crippen molar-refractivity contribution in [2.75, 3.05) is 13.2 Å². The van der Waals surface area contributed by atoms with Crippen LogP contribution in [0.25, 0.3) is 0 Å². The number of hydrogen-bond acceptors (Lipinski definition) is 3. The van der Waals surface area contributed by atoms with E-state index in [0.717, 1.165) is 12.4 Å². The zero-order valence-corrected chi connectivity index (χ0v) is 8.94. The molecule has 80 valence electrons. The third kappa shape index (κ3) is 3.06. The second-order valence-corrected chi connectivity index (χ2v) is 3.81. The van der Waals surface area contributed by atoms with Crippen LogP contribution in [0.3, 0.4) is 0 Å². The average Bonchev–Trinajstić information content (AvgIpc) is 2.66. The first-order valence-electron chi connectivity index (χ1n) is 5.26. The van der Waals surface area contributed by atoms with Crippen LogP contribution in [0.15, 0.2) is 35.3 Å². The molecule has 1 N–H and O–H groups in total. The molecule has 0 saturated heterocycles. The zero-order valence-electron chi connectivity index (χ0n) is 8.94. The summed E-state index contributed by atoms with van der Waals surface area (Å²) < 4.78 is 5.56. The molecule has 1 aromatic rings. The van der Waals surface area contributed by atoms with Crippen LogP contribution in [0.2, 0.25) is 0 Å². The second-order valence-electron chi connectivity index (χ2n) is 3.81. The van der Waals surface area contributed by atoms with Gasteiger partial charge in [0.25, 0.3) is 0 Å². The lowest BCUT2D eigenvalue weighted by Gasteiger charge is -2.06. The molecule has 0 aliphatic carbocycles. The van der Waals surface area contributed by atoms with E-state index in [1.165, 1.54) is 5.56 Å². The maximum absolute atomic E-state index is 5.56. The van der Waals surface area contributed by atoms with Crippen LogP contribution in [0.4, 0.5) is 0 Å². The quantitative estimate of drug-likeness (QED) is 0.808. The van der Waals surface area contributed by atoms with E-state index in [9.17, 15) is 0 Å². The van der Waals surface area contributed by atoms with Gasteiger partial charge in [0.1, 0.15) is 12.4 Å². The molecule has 1 atom stereocenters. The van der Waals surface area contributed by atoms with Crippen LogP contribution in [0, 0.1) is 0 Å². The van der Waals surface area contributed by atoms with E-state index in [1.54, 1.807) is 0 Å². The molecule has 2 rings (SSSR count). The van der Waals surface area contributed by atoms with E-state index in [1.807, 2.05) is 18.2 Å². The van der Waals surface area contributed by atoms with Gasteiger partial charge in [0.2, 0.25) is 0 Å². The standard InChI is InChI=1S/C12H16N2O/c1-10-7-13-12(14-10)9-15-8-11-5-3-2-4-6-11/h2-6,10H,7-9H2,1H3,(H,13,14). The lowest BCUT2D eigenvalue weighted by molar-refractivity contribution is 0.156. The van der Waals surface area contributed by atoms with Gasteiger partial charge in [-0.05, 0) is 12.5 Å². The summed E-state index contributed by atoms with van der Waals surface area (Å²) in [6.45, 7) is 4.22. The van der Waals surface area contributed by atoms with Gasteiger partial charge in [-0.15, -0.1) is 0 Å². The van der Waals surface area contributed by atoms with Crippen LogP contribution < -0.4 is 5.32 Å². The Hall–Kier alpha value is -1.35. The molecule has 0 aromatic heterocycles. The first-order chi connectivity index (χ1) is 7.34. The fourth-order valence-electron chi connectivity index (χ4n) is 1.55. The molecule has 1 aliphatic heterocycles. The third-order valence-electron chi connectivity index (χ3n) is 2.32. The van der Waals surface area contributed by atoms with E-state index in [-0.39, 0.29) is 0 Å². The summed E-state index contributed by atoms with van der Waals surface area (Å²) in [5.74, 6) is 0.971. The minimum atomic E-state index is 0.459. The van der Waals surface area contributed by atoms with Crippen LogP contribution >= 0.6 is 0 Å². The lowest BCUT2D eigenvalue weighted by atomic mass is 10.2. The fourth-order valence-corrected chi connectivity index (χ4v) is 1.55. The molecule has 0 fully saturated rings. The van der Waals surface area contributed by atoms with Crippen LogP contribution in [0.5, 0.6) is 0 Å². The molecule has 0 saturated carbocycles. The van der Waals surface area contributed by atoms with Crippen molar-refractivity contribution >= 4 is 5.84 Å². The smallest absolute Gasteiger partial charge is 0.123 e. The van der Waals surface area contributed by atoms with Gasteiger partial charge in [-0.3, -0.25) is 4.99 Å². The van der Waals surface area contributed by atoms with Gasteiger partial charge in [0.05, 0.1) is 13.2 Å². The molecule has 1 aliphatic rings. The minimum absolute atomic E-state index is 0.459. The average molecular weight is 204 g/mol. The molecule has 3 heteroatoms. The number of aliphatic imine (C=N–C) groups is 1. The minimum Gasteiger partial charge on any atom is -0.369 e. The van der Waals surface area contributed by atoms with Crippen molar-refractivity contribution in [3.05, 3.63) is 35.9 Å². The summed E-state index contributed by atoms with van der Waals surface area (Å²) in [6, 6.07) is 10.6. The lowest BCUT2D eigenvalue weighted by Crippen LogP contribution is -2.30. The molecular formula is C12H16N2O. The Morgan fingerprint density at radius 3 is 2.80 bits per heavy atom. The second kappa shape index (κ2) is 4.94. The molecule has 1 aromatic carbocycles. The summed E-state index contributed by atoms with van der Waals surface area (Å²) in [5.41, 5.74) is 1.20. The molecule has 0 radical (unpaired) electrons. The monoisotopic (exact) mass is 204 g/mol. The van der Waals surface area contributed by atoms with Gasteiger partial charge in [-0.25, -0.2) is 0 Å². The summed E-state index contributed by atoms with van der Waals surface area (Å²) >= 11 is 0. The van der Waals surface area contributed by atoms with E-state index < -0.39 is 0 Å². The molecule has 1 unspecified atom stereocenters. The van der Waals surface area contributed by atoms with Gasteiger partial charge < -0.3 is 10.1 Å². The largest absolute Gasteiger partial charge is 0.369 e. The predicted octanol–water partition coefficient (Wildman–Crippen LogP) is 1.59. The number of benzene rings is 1. The highest BCUT2D eigenvalue weighted by molar-refractivity contribution is 5.85. The summed E-state index contributed by atoms with van der Waals surface area (Å²) in [4.78, 5) is 4.33. The zero-order chi connectivity index (χ0) is 10.5. The molecule has 0 spiro atoms. The third-order valence-corrected chi connectivity index (χ3v) is 2.32. The summed E-state index contributed by atoms with van der Waals surface area (Å²) in [7, 11) is 0. The highest BCUT2D eigenvalue weighted by atomic mass is 16.5. The van der Waals surface area contributed by atoms with Gasteiger partial charge in [0.15, 0.2) is 0 Å². The Morgan fingerprint density at radius 1 is 1.33 bits per heavy atom. The Labute approximate surface area is 90.2 Å². The number of nitrogens with zero attached hydrogens (tertiary/aromatic N) is 1. The molecule has 1 heterocycles. The number of ether oxygens (including phenoxy) is 1. The van der Waals surface area contributed by atoms with Gasteiger partial charge in [-0.1, -0.05) is 30.3 Å². The molecule has 0 bridgehead atoms. The van der Waals surface area contributed by atoms with Crippen LogP contribution in [-0.2, 0) is 11.3 Å². The molecular weight excluding hydrogens is 188 g/mol. The number of nitrogens with one attached hydrogen (secondary N) is 1. The van der Waals surface area contributed by atoms with Crippen molar-refractivity contribution in [1.82, 2.24) is 5.32 Å². The Kier molecular flexibility index (Phi) is 3.35. The Balaban J connectivity index is 1.72. The van der Waals surface area contributed by atoms with Crippen molar-refractivity contribution in [1.29, 1.82) is 0 Å². The van der Waals surface area contributed by atoms with Crippen LogP contribution in [0.1, 0.15) is 12.5 Å². The normalized spacial score (nSPS) is 19.8. The summed E-state index contributed by atoms with van der Waals surface area (Å²) in [6.07, 6.45) is 0. The topological polar surface area (TPSA) is 33.6 Å². The first kappa shape index (κ1) is 10.2.